The van der Waals surface area contributed by atoms with Crippen LogP contribution in [-0.2, 0) is 0 Å². The largest absolute Gasteiger partial charge is 0.357 e. The fourth-order valence-corrected chi connectivity index (χ4v) is 8.26. The molecule has 4 fully saturated rings. The molecule has 0 saturated carbocycles. The Hall–Kier alpha value is -0.160. The Morgan fingerprint density at radius 2 is 1.44 bits per heavy atom. The van der Waals surface area contributed by atoms with Crippen molar-refractivity contribution in [3.63, 3.8) is 0 Å². The van der Waals surface area contributed by atoms with Crippen LogP contribution in [0.1, 0.15) is 79.1 Å². The van der Waals surface area contributed by atoms with E-state index < -0.39 is 0 Å². The molecule has 4 saturated heterocycles. The minimum Gasteiger partial charge on any atom is -0.241 e. The van der Waals surface area contributed by atoms with Gasteiger partial charge in [0, 0.05) is 38.8 Å². The normalized spacial score (nSPS) is 38.2. The first-order chi connectivity index (χ1) is 13.2. The van der Waals surface area contributed by atoms with Crippen molar-refractivity contribution in [2.75, 3.05) is 52.4 Å². The van der Waals surface area contributed by atoms with Crippen molar-refractivity contribution in [3.8, 4) is 0 Å². The Bertz CT molecular complexity index is 509. The molecule has 27 heavy (non-hydrogen) atoms. The minimum absolute atomic E-state index is 0.264. The standard InChI is InChI=1S/C23H46N4/c1-5-13-24-19-22(8-4)27(17-11-12-18-27)23(24)25(14-6-2)21(7-3)20-26(23)15-9-10-16-26/h21-22H,5-20H2,1-4H3/q+2. The summed E-state index contributed by atoms with van der Waals surface area (Å²) >= 11 is 0. The van der Waals surface area contributed by atoms with Gasteiger partial charge in [-0.15, -0.1) is 0 Å². The molecule has 0 amide bonds. The van der Waals surface area contributed by atoms with Crippen LogP contribution in [0, 0.1) is 0 Å². The Morgan fingerprint density at radius 1 is 0.815 bits per heavy atom. The molecule has 0 N–H and O–H groups in total. The molecule has 4 heteroatoms. The van der Waals surface area contributed by atoms with Gasteiger partial charge in [0.2, 0.25) is 0 Å². The van der Waals surface area contributed by atoms with E-state index in [2.05, 4.69) is 37.5 Å². The van der Waals surface area contributed by atoms with Gasteiger partial charge in [-0.05, 0) is 25.7 Å². The fraction of sp³-hybridized carbons (Fsp3) is 1.00. The molecule has 4 rings (SSSR count). The molecule has 0 aliphatic carbocycles. The molecule has 0 radical (unpaired) electrons. The summed E-state index contributed by atoms with van der Waals surface area (Å²) < 4.78 is 2.85. The molecule has 3 unspecified atom stereocenters. The SMILES string of the molecule is CCCN1CC(CC)[N+]2(CCCC2)C12N(CCC)C(CC)C[N+]21CCCC1. The van der Waals surface area contributed by atoms with Gasteiger partial charge in [-0.3, -0.25) is 0 Å². The van der Waals surface area contributed by atoms with Gasteiger partial charge in [0.05, 0.1) is 38.8 Å². The molecule has 4 aliphatic rings. The van der Waals surface area contributed by atoms with Crippen LogP contribution in [0.4, 0.5) is 0 Å². The average Bonchev–Trinajstić information content (AvgIpc) is 3.43. The number of hydrogen-bond donors (Lipinski definition) is 0. The van der Waals surface area contributed by atoms with E-state index in [4.69, 9.17) is 0 Å². The van der Waals surface area contributed by atoms with Crippen molar-refractivity contribution < 1.29 is 8.97 Å². The van der Waals surface area contributed by atoms with Gasteiger partial charge in [-0.2, -0.15) is 9.80 Å². The van der Waals surface area contributed by atoms with E-state index in [1.807, 2.05) is 0 Å². The van der Waals surface area contributed by atoms with Crippen molar-refractivity contribution in [1.29, 1.82) is 0 Å². The van der Waals surface area contributed by atoms with Gasteiger partial charge in [0.15, 0.2) is 0 Å². The van der Waals surface area contributed by atoms with Gasteiger partial charge in [-0.25, -0.2) is 8.97 Å². The smallest absolute Gasteiger partial charge is 0.241 e. The molecule has 0 bridgehead atoms. The third kappa shape index (κ3) is 2.49. The lowest BCUT2D eigenvalue weighted by atomic mass is 10.1. The minimum atomic E-state index is 0.264. The van der Waals surface area contributed by atoms with Crippen LogP contribution in [0.25, 0.3) is 0 Å². The number of quaternary nitrogens is 2. The zero-order chi connectivity index (χ0) is 19.1. The van der Waals surface area contributed by atoms with E-state index in [1.54, 1.807) is 0 Å². The first kappa shape index (κ1) is 20.1. The maximum atomic E-state index is 3.11. The van der Waals surface area contributed by atoms with Crippen molar-refractivity contribution in [1.82, 2.24) is 9.80 Å². The summed E-state index contributed by atoms with van der Waals surface area (Å²) in [6.07, 6.45) is 11.1. The Labute approximate surface area is 168 Å². The highest BCUT2D eigenvalue weighted by molar-refractivity contribution is 4.96. The first-order valence-electron chi connectivity index (χ1n) is 12.4. The predicted molar refractivity (Wildman–Crippen MR) is 113 cm³/mol. The molecular formula is C23H46N4+2. The fourth-order valence-electron chi connectivity index (χ4n) is 8.26. The number of fused-ring (bicyclic) bond motifs is 2. The van der Waals surface area contributed by atoms with Gasteiger partial charge in [0.25, 0.3) is 0 Å². The van der Waals surface area contributed by atoms with Gasteiger partial charge < -0.3 is 0 Å². The van der Waals surface area contributed by atoms with Crippen molar-refractivity contribution in [2.24, 2.45) is 0 Å². The first-order valence-corrected chi connectivity index (χ1v) is 12.4. The molecule has 0 aromatic carbocycles. The highest BCUT2D eigenvalue weighted by Gasteiger charge is 2.81. The molecule has 3 atom stereocenters. The highest BCUT2D eigenvalue weighted by Crippen LogP contribution is 2.56. The summed E-state index contributed by atoms with van der Waals surface area (Å²) in [6, 6.07) is 1.64. The average molecular weight is 379 g/mol. The summed E-state index contributed by atoms with van der Waals surface area (Å²) in [4.78, 5) is 6.16. The Kier molecular flexibility index (Phi) is 5.66. The molecule has 4 aliphatic heterocycles. The van der Waals surface area contributed by atoms with E-state index in [9.17, 15) is 0 Å². The highest BCUT2D eigenvalue weighted by atomic mass is 15.9. The van der Waals surface area contributed by atoms with Crippen LogP contribution in [0.3, 0.4) is 0 Å². The summed E-state index contributed by atoms with van der Waals surface area (Å²) in [6.45, 7) is 20.9. The van der Waals surface area contributed by atoms with Crippen LogP contribution in [0.2, 0.25) is 0 Å². The zero-order valence-corrected chi connectivity index (χ0v) is 18.8. The second-order valence-electron chi connectivity index (χ2n) is 10.0. The Morgan fingerprint density at radius 3 is 2.00 bits per heavy atom. The van der Waals surface area contributed by atoms with Crippen molar-refractivity contribution in [2.45, 2.75) is 97.1 Å². The summed E-state index contributed by atoms with van der Waals surface area (Å²) in [5.41, 5.74) is 0. The van der Waals surface area contributed by atoms with Crippen LogP contribution in [0.15, 0.2) is 0 Å². The molecule has 0 aromatic heterocycles. The Balaban J connectivity index is 1.93. The van der Waals surface area contributed by atoms with Crippen LogP contribution < -0.4 is 0 Å². The molecule has 4 nitrogen and oxygen atoms in total. The second kappa shape index (κ2) is 7.59. The van der Waals surface area contributed by atoms with Crippen molar-refractivity contribution in [3.05, 3.63) is 0 Å². The molecular weight excluding hydrogens is 332 g/mol. The summed E-state index contributed by atoms with van der Waals surface area (Å²) in [5.74, 6) is 0.264. The summed E-state index contributed by atoms with van der Waals surface area (Å²) in [7, 11) is 0. The molecule has 0 aromatic rings. The van der Waals surface area contributed by atoms with Crippen LogP contribution in [-0.4, -0.2) is 89.1 Å². The lowest BCUT2D eigenvalue weighted by Gasteiger charge is -2.57. The number of nitrogens with zero attached hydrogens (tertiary/aromatic N) is 4. The zero-order valence-electron chi connectivity index (χ0n) is 18.8. The molecule has 4 heterocycles. The topological polar surface area (TPSA) is 6.48 Å². The third-order valence-corrected chi connectivity index (χ3v) is 8.86. The maximum Gasteiger partial charge on any atom is 0.357 e. The third-order valence-electron chi connectivity index (χ3n) is 8.86. The molecule has 156 valence electrons. The van der Waals surface area contributed by atoms with E-state index in [0.717, 1.165) is 12.1 Å². The lowest BCUT2D eigenvalue weighted by molar-refractivity contribution is -1.17. The monoisotopic (exact) mass is 378 g/mol. The van der Waals surface area contributed by atoms with Crippen molar-refractivity contribution >= 4 is 0 Å². The van der Waals surface area contributed by atoms with Gasteiger partial charge in [0.1, 0.15) is 12.6 Å². The number of rotatable bonds is 6. The van der Waals surface area contributed by atoms with Crippen LogP contribution in [0.5, 0.6) is 0 Å². The van der Waals surface area contributed by atoms with Crippen LogP contribution >= 0.6 is 0 Å². The quantitative estimate of drug-likeness (QED) is 0.648. The van der Waals surface area contributed by atoms with Gasteiger partial charge in [-0.1, -0.05) is 27.7 Å². The molecule has 3 spiro atoms. The van der Waals surface area contributed by atoms with E-state index in [-0.39, 0.29) is 5.91 Å². The van der Waals surface area contributed by atoms with E-state index >= 15 is 0 Å². The maximum absolute atomic E-state index is 3.11. The summed E-state index contributed by atoms with van der Waals surface area (Å²) in [5, 5.41) is 0. The second-order valence-corrected chi connectivity index (χ2v) is 10.0. The predicted octanol–water partition coefficient (Wildman–Crippen LogP) is 3.83. The lowest BCUT2D eigenvalue weighted by Crippen LogP contribution is -2.83. The number of hydrogen-bond acceptors (Lipinski definition) is 2. The van der Waals surface area contributed by atoms with Gasteiger partial charge >= 0.3 is 5.91 Å². The van der Waals surface area contributed by atoms with E-state index in [0.29, 0.717) is 0 Å². The van der Waals surface area contributed by atoms with E-state index in [1.165, 1.54) is 113 Å².